The first kappa shape index (κ1) is 18.7. The van der Waals surface area contributed by atoms with Crippen molar-refractivity contribution in [3.63, 3.8) is 0 Å². The number of nitrogens with one attached hydrogen (secondary N) is 1. The molecule has 0 aromatic heterocycles. The molecule has 3 rings (SSSR count). The monoisotopic (exact) mass is 354 g/mol. The molecule has 0 radical (unpaired) electrons. The van der Waals surface area contributed by atoms with Crippen LogP contribution in [0.1, 0.15) is 32.6 Å². The third-order valence-corrected chi connectivity index (χ3v) is 5.07. The van der Waals surface area contributed by atoms with E-state index in [-0.39, 0.29) is 12.5 Å². The minimum absolute atomic E-state index is 0.0514. The molecule has 1 amide bonds. The van der Waals surface area contributed by atoms with Crippen LogP contribution in [0.15, 0.2) is 42.5 Å². The van der Waals surface area contributed by atoms with Crippen molar-refractivity contribution in [1.82, 2.24) is 10.2 Å². The van der Waals surface area contributed by atoms with E-state index in [4.69, 9.17) is 4.74 Å². The summed E-state index contributed by atoms with van der Waals surface area (Å²) in [5.41, 5.74) is 0. The average Bonchev–Trinajstić information content (AvgIpc) is 2.66. The van der Waals surface area contributed by atoms with Crippen molar-refractivity contribution in [2.24, 2.45) is 5.92 Å². The maximum absolute atomic E-state index is 12.0. The van der Waals surface area contributed by atoms with Gasteiger partial charge in [-0.25, -0.2) is 0 Å². The molecule has 2 aromatic carbocycles. The summed E-state index contributed by atoms with van der Waals surface area (Å²) in [4.78, 5) is 14.6. The predicted molar refractivity (Wildman–Crippen MR) is 107 cm³/mol. The third kappa shape index (κ3) is 5.46. The first-order chi connectivity index (χ1) is 12.7. The number of rotatable bonds is 8. The number of fused-ring (bicyclic) bond motifs is 1. The second-order valence-corrected chi connectivity index (χ2v) is 7.37. The zero-order valence-corrected chi connectivity index (χ0v) is 15.7. The van der Waals surface area contributed by atoms with Gasteiger partial charge in [0.25, 0.3) is 5.91 Å². The predicted octanol–water partition coefficient (Wildman–Crippen LogP) is 3.85. The molecular formula is C22H30N2O2. The van der Waals surface area contributed by atoms with Crippen LogP contribution in [-0.4, -0.2) is 43.6 Å². The Morgan fingerprint density at radius 1 is 1.19 bits per heavy atom. The number of unbranched alkanes of at least 4 members (excludes halogenated alkanes) is 1. The van der Waals surface area contributed by atoms with Gasteiger partial charge in [-0.1, -0.05) is 43.3 Å². The van der Waals surface area contributed by atoms with E-state index in [1.807, 2.05) is 42.5 Å². The van der Waals surface area contributed by atoms with Crippen molar-refractivity contribution in [3.05, 3.63) is 42.5 Å². The number of likely N-dealkylation sites (tertiary alicyclic amines) is 1. The molecule has 4 heteroatoms. The molecule has 1 aliphatic heterocycles. The van der Waals surface area contributed by atoms with E-state index in [0.717, 1.165) is 48.4 Å². The summed E-state index contributed by atoms with van der Waals surface area (Å²) in [5.74, 6) is 1.54. The number of carbonyl (C=O) groups excluding carboxylic acids is 1. The molecular weight excluding hydrogens is 324 g/mol. The number of carbonyl (C=O) groups is 1. The fraction of sp³-hybridized carbons (Fsp3) is 0.500. The van der Waals surface area contributed by atoms with E-state index in [0.29, 0.717) is 0 Å². The summed E-state index contributed by atoms with van der Waals surface area (Å²) in [6, 6.07) is 14.0. The third-order valence-electron chi connectivity index (χ3n) is 5.07. The SMILES string of the molecule is CC1CCCN(CCCCNC(=O)COc2cccc3ccccc23)C1. The largest absolute Gasteiger partial charge is 0.483 e. The van der Waals surface area contributed by atoms with E-state index in [1.165, 1.54) is 25.9 Å². The maximum atomic E-state index is 12.0. The van der Waals surface area contributed by atoms with Gasteiger partial charge in [0.05, 0.1) is 0 Å². The quantitative estimate of drug-likeness (QED) is 0.732. The molecule has 0 bridgehead atoms. The van der Waals surface area contributed by atoms with Crippen LogP contribution < -0.4 is 10.1 Å². The summed E-state index contributed by atoms with van der Waals surface area (Å²) < 4.78 is 5.72. The molecule has 1 fully saturated rings. The standard InChI is InChI=1S/C22H30N2O2/c1-18-8-7-15-24(16-18)14-5-4-13-23-22(25)17-26-21-12-6-10-19-9-2-3-11-20(19)21/h2-3,6,9-12,18H,4-5,7-8,13-17H2,1H3,(H,23,25). The first-order valence-electron chi connectivity index (χ1n) is 9.82. The van der Waals surface area contributed by atoms with Gasteiger partial charge in [0.15, 0.2) is 6.61 Å². The van der Waals surface area contributed by atoms with E-state index >= 15 is 0 Å². The topological polar surface area (TPSA) is 41.6 Å². The maximum Gasteiger partial charge on any atom is 0.257 e. The summed E-state index contributed by atoms with van der Waals surface area (Å²) >= 11 is 0. The van der Waals surface area contributed by atoms with Crippen molar-refractivity contribution in [2.75, 3.05) is 32.8 Å². The Hall–Kier alpha value is -2.07. The minimum Gasteiger partial charge on any atom is -0.483 e. The highest BCUT2D eigenvalue weighted by atomic mass is 16.5. The Morgan fingerprint density at radius 2 is 2.04 bits per heavy atom. The van der Waals surface area contributed by atoms with Gasteiger partial charge in [0, 0.05) is 18.5 Å². The van der Waals surface area contributed by atoms with Crippen LogP contribution in [0.25, 0.3) is 10.8 Å². The van der Waals surface area contributed by atoms with Crippen molar-refractivity contribution < 1.29 is 9.53 Å². The lowest BCUT2D eigenvalue weighted by molar-refractivity contribution is -0.123. The molecule has 1 aliphatic rings. The first-order valence-corrected chi connectivity index (χ1v) is 9.82. The summed E-state index contributed by atoms with van der Waals surface area (Å²) in [5, 5.41) is 5.13. The van der Waals surface area contributed by atoms with Crippen LogP contribution in [0.3, 0.4) is 0 Å². The Kier molecular flexibility index (Phi) is 6.89. The normalized spacial score (nSPS) is 18.0. The molecule has 2 aromatic rings. The molecule has 1 unspecified atom stereocenters. The van der Waals surface area contributed by atoms with Crippen LogP contribution in [0.2, 0.25) is 0 Å². The molecule has 140 valence electrons. The fourth-order valence-corrected chi connectivity index (χ4v) is 3.69. The number of piperidine rings is 1. The van der Waals surface area contributed by atoms with Gasteiger partial charge in [0.2, 0.25) is 0 Å². The summed E-state index contributed by atoms with van der Waals surface area (Å²) in [6.45, 7) is 6.73. The molecule has 26 heavy (non-hydrogen) atoms. The van der Waals surface area contributed by atoms with Crippen molar-refractivity contribution in [2.45, 2.75) is 32.6 Å². The molecule has 0 aliphatic carbocycles. The summed E-state index contributed by atoms with van der Waals surface area (Å²) in [6.07, 6.45) is 4.84. The molecule has 1 heterocycles. The Labute approximate surface area is 156 Å². The second-order valence-electron chi connectivity index (χ2n) is 7.37. The fourth-order valence-electron chi connectivity index (χ4n) is 3.69. The highest BCUT2D eigenvalue weighted by Crippen LogP contribution is 2.24. The van der Waals surface area contributed by atoms with Gasteiger partial charge >= 0.3 is 0 Å². The number of nitrogens with zero attached hydrogens (tertiary/aromatic N) is 1. The van der Waals surface area contributed by atoms with Crippen LogP contribution in [0, 0.1) is 5.92 Å². The lowest BCUT2D eigenvalue weighted by Gasteiger charge is -2.30. The summed E-state index contributed by atoms with van der Waals surface area (Å²) in [7, 11) is 0. The number of ether oxygens (including phenoxy) is 1. The van der Waals surface area contributed by atoms with Crippen LogP contribution in [-0.2, 0) is 4.79 Å². The zero-order chi connectivity index (χ0) is 18.2. The Bertz CT molecular complexity index is 711. The minimum atomic E-state index is -0.0514. The number of benzene rings is 2. The van der Waals surface area contributed by atoms with E-state index < -0.39 is 0 Å². The van der Waals surface area contributed by atoms with E-state index in [9.17, 15) is 4.79 Å². The molecule has 0 saturated carbocycles. The van der Waals surface area contributed by atoms with Gasteiger partial charge in [-0.15, -0.1) is 0 Å². The highest BCUT2D eigenvalue weighted by Gasteiger charge is 2.15. The van der Waals surface area contributed by atoms with Gasteiger partial charge in [-0.2, -0.15) is 0 Å². The van der Waals surface area contributed by atoms with Crippen LogP contribution in [0.5, 0.6) is 5.75 Å². The van der Waals surface area contributed by atoms with Crippen molar-refractivity contribution in [1.29, 1.82) is 0 Å². The Balaban J connectivity index is 1.33. The zero-order valence-electron chi connectivity index (χ0n) is 15.7. The van der Waals surface area contributed by atoms with E-state index in [1.54, 1.807) is 0 Å². The van der Waals surface area contributed by atoms with Crippen LogP contribution >= 0.6 is 0 Å². The molecule has 1 N–H and O–H groups in total. The van der Waals surface area contributed by atoms with Crippen molar-refractivity contribution in [3.8, 4) is 5.75 Å². The molecule has 0 spiro atoms. The second kappa shape index (κ2) is 9.58. The van der Waals surface area contributed by atoms with Crippen molar-refractivity contribution >= 4 is 16.7 Å². The molecule has 1 saturated heterocycles. The smallest absolute Gasteiger partial charge is 0.257 e. The number of amides is 1. The van der Waals surface area contributed by atoms with Crippen LogP contribution in [0.4, 0.5) is 0 Å². The van der Waals surface area contributed by atoms with Gasteiger partial charge in [-0.05, 0) is 56.1 Å². The van der Waals surface area contributed by atoms with Gasteiger partial charge in [-0.3, -0.25) is 4.79 Å². The number of hydrogen-bond acceptors (Lipinski definition) is 3. The van der Waals surface area contributed by atoms with Gasteiger partial charge < -0.3 is 15.0 Å². The van der Waals surface area contributed by atoms with Gasteiger partial charge in [0.1, 0.15) is 5.75 Å². The lowest BCUT2D eigenvalue weighted by Crippen LogP contribution is -2.35. The average molecular weight is 354 g/mol. The highest BCUT2D eigenvalue weighted by molar-refractivity contribution is 5.88. The van der Waals surface area contributed by atoms with E-state index in [2.05, 4.69) is 17.1 Å². The lowest BCUT2D eigenvalue weighted by atomic mass is 10.0. The number of hydrogen-bond donors (Lipinski definition) is 1. The molecule has 4 nitrogen and oxygen atoms in total. The Morgan fingerprint density at radius 3 is 2.92 bits per heavy atom. The molecule has 1 atom stereocenters.